The number of rotatable bonds is 4. The highest BCUT2D eigenvalue weighted by molar-refractivity contribution is 6.00. The number of nitrogens with zero attached hydrogens (tertiary/aromatic N) is 5. The van der Waals surface area contributed by atoms with Gasteiger partial charge in [-0.05, 0) is 25.0 Å². The van der Waals surface area contributed by atoms with E-state index in [1.807, 2.05) is 29.2 Å². The van der Waals surface area contributed by atoms with Gasteiger partial charge in [-0.3, -0.25) is 14.7 Å². The fourth-order valence-electron chi connectivity index (χ4n) is 4.63. The van der Waals surface area contributed by atoms with Crippen molar-refractivity contribution in [3.8, 4) is 5.75 Å². The average Bonchev–Trinajstić information content (AvgIpc) is 3.42. The van der Waals surface area contributed by atoms with Crippen molar-refractivity contribution in [1.82, 2.24) is 25.1 Å². The first-order chi connectivity index (χ1) is 15.1. The van der Waals surface area contributed by atoms with Gasteiger partial charge in [-0.2, -0.15) is 5.10 Å². The predicted molar refractivity (Wildman–Crippen MR) is 114 cm³/mol. The maximum Gasteiger partial charge on any atom is 0.228 e. The van der Waals surface area contributed by atoms with Crippen molar-refractivity contribution >= 4 is 28.7 Å². The Hall–Kier alpha value is -3.49. The Bertz CT molecular complexity index is 1130. The molecule has 2 aliphatic rings. The number of hydrogen-bond acceptors (Lipinski definition) is 6. The van der Waals surface area contributed by atoms with Crippen LogP contribution in [0.1, 0.15) is 30.9 Å². The topological polar surface area (TPSA) is 104 Å². The molecule has 0 spiro atoms. The highest BCUT2D eigenvalue weighted by Gasteiger charge is 2.39. The lowest BCUT2D eigenvalue weighted by Gasteiger charge is -2.33. The van der Waals surface area contributed by atoms with Gasteiger partial charge in [0.1, 0.15) is 11.3 Å². The van der Waals surface area contributed by atoms with Crippen LogP contribution in [-0.2, 0) is 9.59 Å². The molecule has 0 unspecified atom stereocenters. The van der Waals surface area contributed by atoms with Crippen LogP contribution in [-0.4, -0.2) is 63.6 Å². The Morgan fingerprint density at radius 3 is 2.97 bits per heavy atom. The summed E-state index contributed by atoms with van der Waals surface area (Å²) >= 11 is 0. The number of benzene rings is 1. The molecule has 9 nitrogen and oxygen atoms in total. The number of nitrogens with one attached hydrogen (secondary N) is 1. The van der Waals surface area contributed by atoms with Gasteiger partial charge >= 0.3 is 0 Å². The molecule has 2 aromatic heterocycles. The summed E-state index contributed by atoms with van der Waals surface area (Å²) in [6.45, 7) is 1.69. The molecule has 0 aliphatic carbocycles. The predicted octanol–water partition coefficient (Wildman–Crippen LogP) is 2.12. The van der Waals surface area contributed by atoms with E-state index >= 15 is 0 Å². The van der Waals surface area contributed by atoms with Gasteiger partial charge in [0.15, 0.2) is 5.65 Å². The van der Waals surface area contributed by atoms with E-state index in [1.54, 1.807) is 24.4 Å². The first kappa shape index (κ1) is 19.5. The zero-order valence-electron chi connectivity index (χ0n) is 17.3. The molecule has 2 fully saturated rings. The average molecular weight is 420 g/mol. The van der Waals surface area contributed by atoms with Gasteiger partial charge in [0.05, 0.1) is 18.7 Å². The molecule has 0 saturated carbocycles. The maximum atomic E-state index is 13.3. The van der Waals surface area contributed by atoms with Crippen molar-refractivity contribution in [2.24, 2.45) is 5.92 Å². The van der Waals surface area contributed by atoms with Crippen LogP contribution >= 0.6 is 0 Å². The van der Waals surface area contributed by atoms with Crippen molar-refractivity contribution in [2.45, 2.75) is 25.2 Å². The normalized spacial score (nSPS) is 21.6. The van der Waals surface area contributed by atoms with Gasteiger partial charge in [-0.1, -0.05) is 6.07 Å². The minimum atomic E-state index is -0.337. The third kappa shape index (κ3) is 3.60. The van der Waals surface area contributed by atoms with Gasteiger partial charge < -0.3 is 14.5 Å². The molecular formula is C22H24N6O3. The Morgan fingerprint density at radius 1 is 1.23 bits per heavy atom. The van der Waals surface area contributed by atoms with Gasteiger partial charge in [0.2, 0.25) is 11.8 Å². The number of carbonyl (C=O) groups excluding carboxylic acids is 2. The van der Waals surface area contributed by atoms with Crippen molar-refractivity contribution in [2.75, 3.05) is 31.6 Å². The molecule has 3 aromatic rings. The van der Waals surface area contributed by atoms with Crippen LogP contribution in [0.15, 0.2) is 36.7 Å². The van der Waals surface area contributed by atoms with E-state index in [1.165, 1.54) is 0 Å². The van der Waals surface area contributed by atoms with Crippen LogP contribution in [0.25, 0.3) is 11.2 Å². The lowest BCUT2D eigenvalue weighted by molar-refractivity contribution is -0.137. The zero-order chi connectivity index (χ0) is 21.4. The van der Waals surface area contributed by atoms with Gasteiger partial charge in [-0.25, -0.2) is 9.97 Å². The minimum Gasteiger partial charge on any atom is -0.497 e. The number of hydrogen-bond donors (Lipinski definition) is 1. The summed E-state index contributed by atoms with van der Waals surface area (Å²) in [5.74, 6) is 0.490. The third-order valence-corrected chi connectivity index (χ3v) is 6.20. The molecule has 2 amide bonds. The summed E-state index contributed by atoms with van der Waals surface area (Å²) in [6, 6.07) is 7.38. The van der Waals surface area contributed by atoms with Gasteiger partial charge in [-0.15, -0.1) is 0 Å². The summed E-state index contributed by atoms with van der Waals surface area (Å²) in [7, 11) is 1.60. The number of amides is 2. The van der Waals surface area contributed by atoms with E-state index in [4.69, 9.17) is 4.74 Å². The summed E-state index contributed by atoms with van der Waals surface area (Å²) in [6.07, 6.45) is 5.36. The quantitative estimate of drug-likeness (QED) is 0.693. The summed E-state index contributed by atoms with van der Waals surface area (Å²) in [5.41, 5.74) is 3.05. The molecule has 31 heavy (non-hydrogen) atoms. The van der Waals surface area contributed by atoms with Crippen molar-refractivity contribution < 1.29 is 14.3 Å². The fourth-order valence-corrected chi connectivity index (χ4v) is 4.63. The van der Waals surface area contributed by atoms with Crippen LogP contribution in [0.2, 0.25) is 0 Å². The number of aromatic amines is 1. The first-order valence-electron chi connectivity index (χ1n) is 10.5. The second-order valence-corrected chi connectivity index (χ2v) is 8.10. The van der Waals surface area contributed by atoms with E-state index in [-0.39, 0.29) is 30.1 Å². The second kappa shape index (κ2) is 7.98. The molecule has 0 bridgehead atoms. The monoisotopic (exact) mass is 420 g/mol. The molecule has 2 saturated heterocycles. The van der Waals surface area contributed by atoms with Crippen LogP contribution in [0, 0.1) is 5.92 Å². The van der Waals surface area contributed by atoms with Crippen molar-refractivity contribution in [1.29, 1.82) is 0 Å². The highest BCUT2D eigenvalue weighted by Crippen LogP contribution is 2.32. The third-order valence-electron chi connectivity index (χ3n) is 6.20. The molecule has 4 heterocycles. The number of piperidine rings is 1. The maximum absolute atomic E-state index is 13.3. The van der Waals surface area contributed by atoms with E-state index in [0.29, 0.717) is 31.0 Å². The van der Waals surface area contributed by atoms with Crippen molar-refractivity contribution in [3.05, 3.63) is 42.4 Å². The van der Waals surface area contributed by atoms with Gasteiger partial charge in [0, 0.05) is 56.1 Å². The molecule has 0 radical (unpaired) electrons. The molecule has 1 N–H and O–H groups in total. The molecule has 1 aromatic carbocycles. The van der Waals surface area contributed by atoms with Crippen molar-refractivity contribution in [3.63, 3.8) is 0 Å². The van der Waals surface area contributed by atoms with E-state index < -0.39 is 0 Å². The number of anilines is 1. The molecule has 2 aliphatic heterocycles. The largest absolute Gasteiger partial charge is 0.497 e. The number of fused-ring (bicyclic) bond motifs is 1. The summed E-state index contributed by atoms with van der Waals surface area (Å²) in [4.78, 5) is 38.2. The van der Waals surface area contributed by atoms with E-state index in [0.717, 1.165) is 29.7 Å². The molecular weight excluding hydrogens is 396 g/mol. The Labute approximate surface area is 179 Å². The van der Waals surface area contributed by atoms with E-state index in [9.17, 15) is 9.59 Å². The first-order valence-corrected chi connectivity index (χ1v) is 10.5. The Morgan fingerprint density at radius 2 is 2.10 bits per heavy atom. The number of ether oxygens (including phenoxy) is 1. The summed E-state index contributed by atoms with van der Waals surface area (Å²) in [5, 5.41) is 7.32. The van der Waals surface area contributed by atoms with Crippen LogP contribution < -0.4 is 9.64 Å². The number of aromatic nitrogens is 4. The molecule has 9 heteroatoms. The van der Waals surface area contributed by atoms with Gasteiger partial charge in [0.25, 0.3) is 0 Å². The number of H-pyrrole nitrogens is 1. The standard InChI is InChI=1S/C22H24N6O3/c1-31-17-6-2-5-16(11-17)28-13-15(10-18(28)29)22(30)27-9-3-4-14(12-27)19-20-21(26-25-19)24-8-7-23-20/h2,5-8,11,14-15H,3-4,9-10,12-13H2,1H3,(H,24,25,26)/t14-,15-/m1/s1. The minimum absolute atomic E-state index is 0.0324. The van der Waals surface area contributed by atoms with Crippen LogP contribution in [0.5, 0.6) is 5.75 Å². The lowest BCUT2D eigenvalue weighted by Crippen LogP contribution is -2.43. The second-order valence-electron chi connectivity index (χ2n) is 8.10. The zero-order valence-corrected chi connectivity index (χ0v) is 17.3. The van der Waals surface area contributed by atoms with E-state index in [2.05, 4.69) is 20.2 Å². The highest BCUT2D eigenvalue weighted by atomic mass is 16.5. The molecule has 5 rings (SSSR count). The smallest absolute Gasteiger partial charge is 0.228 e. The molecule has 2 atom stereocenters. The lowest BCUT2D eigenvalue weighted by atomic mass is 9.93. The Balaban J connectivity index is 1.30. The number of methoxy groups -OCH3 is 1. The SMILES string of the molecule is COc1cccc(N2C[C@H](C(=O)N3CCC[C@@H](c4[nH]nc5nccnc45)C3)CC2=O)c1. The Kier molecular flexibility index (Phi) is 5.01. The van der Waals surface area contributed by atoms with Crippen LogP contribution in [0.3, 0.4) is 0 Å². The fraction of sp³-hybridized carbons (Fsp3) is 0.409. The number of carbonyl (C=O) groups is 2. The van der Waals surface area contributed by atoms with Crippen LogP contribution in [0.4, 0.5) is 5.69 Å². The number of likely N-dealkylation sites (tertiary alicyclic amines) is 1. The molecule has 160 valence electrons. The summed E-state index contributed by atoms with van der Waals surface area (Å²) < 4.78 is 5.27.